The third-order valence-corrected chi connectivity index (χ3v) is 4.45. The second-order valence-electron chi connectivity index (χ2n) is 6.71. The standard InChI is InChI=1S/C17H22N2O5/c1-10(2)8-11(18-16(21)14-4-3-7-23-14)17(22)19-6-5-13-15(19)12(20)9-24-13/h3-4,7,10-11,13,15H,5-6,8-9H2,1-2H3,(H,18,21)/t11-,13+,15+/m0/s1. The van der Waals surface area contributed by atoms with E-state index >= 15 is 0 Å². The highest BCUT2D eigenvalue weighted by molar-refractivity contribution is 5.98. The molecule has 0 aliphatic carbocycles. The maximum Gasteiger partial charge on any atom is 0.287 e. The number of Topliss-reactive ketones (excluding diaryl/α,β-unsaturated/α-hetero) is 1. The lowest BCUT2D eigenvalue weighted by molar-refractivity contribution is -0.138. The average Bonchev–Trinajstić information content (AvgIpc) is 3.24. The zero-order chi connectivity index (χ0) is 17.3. The maximum atomic E-state index is 12.9. The Morgan fingerprint density at radius 1 is 1.42 bits per heavy atom. The van der Waals surface area contributed by atoms with Crippen molar-refractivity contribution in [1.82, 2.24) is 10.2 Å². The number of hydrogen-bond acceptors (Lipinski definition) is 5. The second-order valence-corrected chi connectivity index (χ2v) is 6.71. The lowest BCUT2D eigenvalue weighted by atomic mass is 10.0. The number of hydrogen-bond donors (Lipinski definition) is 1. The largest absolute Gasteiger partial charge is 0.459 e. The summed E-state index contributed by atoms with van der Waals surface area (Å²) >= 11 is 0. The van der Waals surface area contributed by atoms with E-state index in [0.29, 0.717) is 19.4 Å². The molecule has 0 radical (unpaired) electrons. The van der Waals surface area contributed by atoms with Crippen LogP contribution in [0.2, 0.25) is 0 Å². The van der Waals surface area contributed by atoms with E-state index in [9.17, 15) is 14.4 Å². The fraction of sp³-hybridized carbons (Fsp3) is 0.588. The third-order valence-electron chi connectivity index (χ3n) is 4.45. The molecule has 7 heteroatoms. The van der Waals surface area contributed by atoms with Gasteiger partial charge in [-0.1, -0.05) is 13.8 Å². The van der Waals surface area contributed by atoms with Crippen LogP contribution in [0.25, 0.3) is 0 Å². The smallest absolute Gasteiger partial charge is 0.287 e. The molecule has 2 amide bonds. The number of carbonyl (C=O) groups excluding carboxylic acids is 3. The van der Waals surface area contributed by atoms with Crippen molar-refractivity contribution in [3.05, 3.63) is 24.2 Å². The van der Waals surface area contributed by atoms with Crippen LogP contribution in [0.3, 0.4) is 0 Å². The molecule has 3 rings (SSSR count). The molecule has 24 heavy (non-hydrogen) atoms. The first-order valence-electron chi connectivity index (χ1n) is 8.26. The highest BCUT2D eigenvalue weighted by Gasteiger charge is 2.48. The van der Waals surface area contributed by atoms with E-state index in [0.717, 1.165) is 0 Å². The first-order chi connectivity index (χ1) is 11.5. The molecule has 1 aromatic heterocycles. The quantitative estimate of drug-likeness (QED) is 0.867. The fourth-order valence-corrected chi connectivity index (χ4v) is 3.37. The van der Waals surface area contributed by atoms with Gasteiger partial charge in [-0.15, -0.1) is 0 Å². The van der Waals surface area contributed by atoms with Gasteiger partial charge in [-0.2, -0.15) is 0 Å². The molecule has 0 bridgehead atoms. The molecule has 0 saturated carbocycles. The van der Waals surface area contributed by atoms with E-state index in [1.807, 2.05) is 13.8 Å². The second kappa shape index (κ2) is 6.76. The molecule has 7 nitrogen and oxygen atoms in total. The van der Waals surface area contributed by atoms with Crippen LogP contribution < -0.4 is 5.32 Å². The number of carbonyl (C=O) groups is 3. The number of amides is 2. The summed E-state index contributed by atoms with van der Waals surface area (Å²) in [6.07, 6.45) is 2.35. The molecular weight excluding hydrogens is 312 g/mol. The number of fused-ring (bicyclic) bond motifs is 1. The van der Waals surface area contributed by atoms with E-state index in [4.69, 9.17) is 9.15 Å². The zero-order valence-electron chi connectivity index (χ0n) is 13.9. The van der Waals surface area contributed by atoms with Gasteiger partial charge in [0.05, 0.1) is 12.4 Å². The van der Waals surface area contributed by atoms with Gasteiger partial charge in [0.25, 0.3) is 5.91 Å². The summed E-state index contributed by atoms with van der Waals surface area (Å²) in [6, 6.07) is 1.97. The van der Waals surface area contributed by atoms with Crippen molar-refractivity contribution in [2.24, 2.45) is 5.92 Å². The molecule has 130 valence electrons. The molecule has 0 aromatic carbocycles. The van der Waals surface area contributed by atoms with Gasteiger partial charge in [-0.25, -0.2) is 0 Å². The van der Waals surface area contributed by atoms with Crippen LogP contribution in [0.5, 0.6) is 0 Å². The third kappa shape index (κ3) is 3.21. The van der Waals surface area contributed by atoms with Crippen LogP contribution in [0.15, 0.2) is 22.8 Å². The number of furan rings is 1. The summed E-state index contributed by atoms with van der Waals surface area (Å²) in [5, 5.41) is 2.75. The fourth-order valence-electron chi connectivity index (χ4n) is 3.37. The average molecular weight is 334 g/mol. The lowest BCUT2D eigenvalue weighted by Gasteiger charge is -2.28. The van der Waals surface area contributed by atoms with Crippen LogP contribution in [-0.2, 0) is 14.3 Å². The Kier molecular flexibility index (Phi) is 4.71. The highest BCUT2D eigenvalue weighted by atomic mass is 16.5. The highest BCUT2D eigenvalue weighted by Crippen LogP contribution is 2.28. The number of rotatable bonds is 5. The summed E-state index contributed by atoms with van der Waals surface area (Å²) < 4.78 is 10.5. The van der Waals surface area contributed by atoms with Gasteiger partial charge < -0.3 is 19.4 Å². The molecule has 3 heterocycles. The molecule has 2 fully saturated rings. The first-order valence-corrected chi connectivity index (χ1v) is 8.26. The molecule has 1 aromatic rings. The first kappa shape index (κ1) is 16.7. The molecule has 2 aliphatic rings. The number of likely N-dealkylation sites (tertiary alicyclic amines) is 1. The monoisotopic (exact) mass is 334 g/mol. The summed E-state index contributed by atoms with van der Waals surface area (Å²) in [6.45, 7) is 4.50. The van der Waals surface area contributed by atoms with E-state index in [1.165, 1.54) is 6.26 Å². The molecule has 2 saturated heterocycles. The van der Waals surface area contributed by atoms with Gasteiger partial charge >= 0.3 is 0 Å². The topological polar surface area (TPSA) is 88.8 Å². The molecule has 0 spiro atoms. The van der Waals surface area contributed by atoms with Crippen molar-refractivity contribution < 1.29 is 23.5 Å². The SMILES string of the molecule is CC(C)C[C@H](NC(=O)c1ccco1)C(=O)N1CC[C@H]2OCC(=O)[C@H]21. The maximum absolute atomic E-state index is 12.9. The van der Waals surface area contributed by atoms with Crippen LogP contribution in [-0.4, -0.2) is 53.8 Å². The van der Waals surface area contributed by atoms with Crippen molar-refractivity contribution in [3.63, 3.8) is 0 Å². The van der Waals surface area contributed by atoms with Crippen molar-refractivity contribution in [3.8, 4) is 0 Å². The molecular formula is C17H22N2O5. The number of ether oxygens (including phenoxy) is 1. The molecule has 1 N–H and O–H groups in total. The van der Waals surface area contributed by atoms with E-state index in [2.05, 4.69) is 5.32 Å². The minimum atomic E-state index is -0.685. The number of nitrogens with zero attached hydrogens (tertiary/aromatic N) is 1. The van der Waals surface area contributed by atoms with Gasteiger partial charge in [-0.3, -0.25) is 14.4 Å². The Morgan fingerprint density at radius 2 is 2.21 bits per heavy atom. The van der Waals surface area contributed by atoms with E-state index in [-0.39, 0.29) is 36.1 Å². The Morgan fingerprint density at radius 3 is 2.88 bits per heavy atom. The van der Waals surface area contributed by atoms with Crippen molar-refractivity contribution in [2.75, 3.05) is 13.2 Å². The predicted molar refractivity (Wildman–Crippen MR) is 84.3 cm³/mol. The van der Waals surface area contributed by atoms with Gasteiger partial charge in [0.1, 0.15) is 18.7 Å². The number of ketones is 1. The van der Waals surface area contributed by atoms with Crippen LogP contribution in [0.4, 0.5) is 0 Å². The summed E-state index contributed by atoms with van der Waals surface area (Å²) in [5.41, 5.74) is 0. The molecule has 0 unspecified atom stereocenters. The Hall–Kier alpha value is -2.15. The van der Waals surface area contributed by atoms with E-state index in [1.54, 1.807) is 17.0 Å². The molecule has 3 atom stereocenters. The van der Waals surface area contributed by atoms with Crippen molar-refractivity contribution in [1.29, 1.82) is 0 Å². The lowest BCUT2D eigenvalue weighted by Crippen LogP contribution is -2.52. The van der Waals surface area contributed by atoms with Crippen LogP contribution in [0, 0.1) is 5.92 Å². The Bertz CT molecular complexity index is 625. The van der Waals surface area contributed by atoms with Gasteiger partial charge in [0, 0.05) is 6.54 Å². The van der Waals surface area contributed by atoms with E-state index < -0.39 is 18.0 Å². The zero-order valence-corrected chi connectivity index (χ0v) is 13.9. The predicted octanol–water partition coefficient (Wildman–Crippen LogP) is 0.993. The number of nitrogens with one attached hydrogen (secondary N) is 1. The Labute approximate surface area is 140 Å². The summed E-state index contributed by atoms with van der Waals surface area (Å²) in [7, 11) is 0. The van der Waals surface area contributed by atoms with Crippen molar-refractivity contribution >= 4 is 17.6 Å². The summed E-state index contributed by atoms with van der Waals surface area (Å²) in [4.78, 5) is 38.8. The normalized spacial score (nSPS) is 24.3. The van der Waals surface area contributed by atoms with Gasteiger partial charge in [0.15, 0.2) is 11.5 Å². The molecule has 2 aliphatic heterocycles. The minimum absolute atomic E-state index is 0.0622. The van der Waals surface area contributed by atoms with Crippen molar-refractivity contribution in [2.45, 2.75) is 44.9 Å². The Balaban J connectivity index is 1.74. The minimum Gasteiger partial charge on any atom is -0.459 e. The van der Waals surface area contributed by atoms with Gasteiger partial charge in [0.2, 0.25) is 5.91 Å². The van der Waals surface area contributed by atoms with Crippen LogP contribution >= 0.6 is 0 Å². The van der Waals surface area contributed by atoms with Crippen LogP contribution in [0.1, 0.15) is 37.2 Å². The van der Waals surface area contributed by atoms with Gasteiger partial charge in [-0.05, 0) is 30.9 Å². The summed E-state index contributed by atoms with van der Waals surface area (Å²) in [5.74, 6) is -0.342.